The van der Waals surface area contributed by atoms with E-state index in [1.807, 2.05) is 0 Å². The standard InChI is InChI=1S/C43H75O8P/c1-4-6-8-10-12-14-16-18-20-21-22-23-24-26-28-30-32-34-36-38-43(45)51-41(40-50-52(46,47)48-3)39-49-42(44)37-35-33-31-29-27-25-19-17-15-13-11-9-7-5-2/h11-14,17-20,22-23,41H,4-10,15-16,21,24-40H2,1-3H3,(H,46,47)/b13-11-,14-12-,19-17-,20-18-,23-22-. The Hall–Kier alpha value is -2.25. The van der Waals surface area contributed by atoms with E-state index in [-0.39, 0.29) is 19.4 Å². The van der Waals surface area contributed by atoms with E-state index in [0.29, 0.717) is 6.42 Å². The lowest BCUT2D eigenvalue weighted by Crippen LogP contribution is -2.29. The summed E-state index contributed by atoms with van der Waals surface area (Å²) in [6.45, 7) is 3.79. The van der Waals surface area contributed by atoms with Crippen molar-refractivity contribution in [1.29, 1.82) is 0 Å². The molecule has 2 unspecified atom stereocenters. The average Bonchev–Trinajstić information content (AvgIpc) is 3.13. The Bertz CT molecular complexity index is 1030. The summed E-state index contributed by atoms with van der Waals surface area (Å²) in [5, 5.41) is 0. The second-order valence-electron chi connectivity index (χ2n) is 13.4. The molecule has 0 aromatic heterocycles. The number of phosphoric acid groups is 1. The van der Waals surface area contributed by atoms with Crippen molar-refractivity contribution in [3.63, 3.8) is 0 Å². The van der Waals surface area contributed by atoms with Crippen LogP contribution in [0.5, 0.6) is 0 Å². The van der Waals surface area contributed by atoms with E-state index in [1.54, 1.807) is 0 Å². The third-order valence-corrected chi connectivity index (χ3v) is 9.42. The number of carbonyl (C=O) groups excluding carboxylic acids is 2. The van der Waals surface area contributed by atoms with Gasteiger partial charge in [0.25, 0.3) is 0 Å². The van der Waals surface area contributed by atoms with Gasteiger partial charge in [0.1, 0.15) is 6.61 Å². The molecule has 0 radical (unpaired) electrons. The Morgan fingerprint density at radius 2 is 0.942 bits per heavy atom. The molecule has 0 heterocycles. The van der Waals surface area contributed by atoms with Crippen molar-refractivity contribution in [1.82, 2.24) is 0 Å². The number of ether oxygens (including phenoxy) is 2. The lowest BCUT2D eigenvalue weighted by atomic mass is 10.1. The first kappa shape index (κ1) is 49.8. The van der Waals surface area contributed by atoms with Gasteiger partial charge in [0.15, 0.2) is 6.10 Å². The second-order valence-corrected chi connectivity index (χ2v) is 15.0. The molecule has 52 heavy (non-hydrogen) atoms. The summed E-state index contributed by atoms with van der Waals surface area (Å²) in [5.41, 5.74) is 0. The van der Waals surface area contributed by atoms with Gasteiger partial charge in [0.2, 0.25) is 0 Å². The zero-order chi connectivity index (χ0) is 38.2. The minimum Gasteiger partial charge on any atom is -0.462 e. The van der Waals surface area contributed by atoms with Gasteiger partial charge in [-0.05, 0) is 77.0 Å². The quantitative estimate of drug-likeness (QED) is 0.0289. The Morgan fingerprint density at radius 3 is 1.42 bits per heavy atom. The molecule has 0 spiro atoms. The van der Waals surface area contributed by atoms with E-state index in [1.165, 1.54) is 38.5 Å². The van der Waals surface area contributed by atoms with Crippen LogP contribution in [0.2, 0.25) is 0 Å². The molecule has 0 aromatic rings. The van der Waals surface area contributed by atoms with Crippen LogP contribution in [0.3, 0.4) is 0 Å². The molecular formula is C43H75O8P. The molecule has 0 aliphatic heterocycles. The number of carbonyl (C=O) groups is 2. The highest BCUT2D eigenvalue weighted by Crippen LogP contribution is 2.42. The summed E-state index contributed by atoms with van der Waals surface area (Å²) in [6.07, 6.45) is 46.9. The van der Waals surface area contributed by atoms with Gasteiger partial charge in [-0.3, -0.25) is 18.6 Å². The highest BCUT2D eigenvalue weighted by atomic mass is 31.2. The highest BCUT2D eigenvalue weighted by molar-refractivity contribution is 7.47. The van der Waals surface area contributed by atoms with E-state index >= 15 is 0 Å². The zero-order valence-electron chi connectivity index (χ0n) is 33.2. The number of unbranched alkanes of at least 4 members (excludes halogenated alkanes) is 16. The van der Waals surface area contributed by atoms with Gasteiger partial charge in [-0.2, -0.15) is 0 Å². The molecule has 0 amide bonds. The van der Waals surface area contributed by atoms with Gasteiger partial charge in [0, 0.05) is 20.0 Å². The number of allylic oxidation sites excluding steroid dienone is 10. The SMILES string of the molecule is CCCC/C=C\C/C=C\CCCCCCCC(=O)OCC(COP(=O)(O)OC)OC(=O)CCCCCCCC/C=C\C/C=C\C/C=C\CCCCC. The van der Waals surface area contributed by atoms with Gasteiger partial charge in [-0.15, -0.1) is 0 Å². The van der Waals surface area contributed by atoms with E-state index < -0.39 is 32.5 Å². The van der Waals surface area contributed by atoms with Crippen molar-refractivity contribution in [3.05, 3.63) is 60.8 Å². The van der Waals surface area contributed by atoms with Crippen molar-refractivity contribution < 1.29 is 37.6 Å². The molecule has 0 aromatic carbocycles. The molecule has 1 N–H and O–H groups in total. The topological polar surface area (TPSA) is 108 Å². The molecule has 0 rings (SSSR count). The monoisotopic (exact) mass is 751 g/mol. The highest BCUT2D eigenvalue weighted by Gasteiger charge is 2.24. The van der Waals surface area contributed by atoms with Crippen LogP contribution in [0, 0.1) is 0 Å². The minimum absolute atomic E-state index is 0.225. The van der Waals surface area contributed by atoms with Crippen molar-refractivity contribution in [3.8, 4) is 0 Å². The zero-order valence-corrected chi connectivity index (χ0v) is 34.1. The molecule has 0 saturated heterocycles. The summed E-state index contributed by atoms with van der Waals surface area (Å²) in [7, 11) is -3.22. The molecule has 9 heteroatoms. The van der Waals surface area contributed by atoms with Gasteiger partial charge in [-0.25, -0.2) is 4.57 Å². The summed E-state index contributed by atoms with van der Waals surface area (Å²) in [4.78, 5) is 34.4. The summed E-state index contributed by atoms with van der Waals surface area (Å²) >= 11 is 0. The summed E-state index contributed by atoms with van der Waals surface area (Å²) < 4.78 is 31.9. The van der Waals surface area contributed by atoms with Crippen molar-refractivity contribution in [2.45, 2.75) is 180 Å². The first-order valence-corrected chi connectivity index (χ1v) is 22.0. The Balaban J connectivity index is 4.08. The number of phosphoric ester groups is 1. The van der Waals surface area contributed by atoms with Crippen molar-refractivity contribution >= 4 is 19.8 Å². The van der Waals surface area contributed by atoms with Gasteiger partial charge < -0.3 is 14.4 Å². The van der Waals surface area contributed by atoms with Gasteiger partial charge in [0.05, 0.1) is 6.61 Å². The molecular weight excluding hydrogens is 675 g/mol. The fourth-order valence-electron chi connectivity index (χ4n) is 5.27. The lowest BCUT2D eigenvalue weighted by Gasteiger charge is -2.19. The molecule has 8 nitrogen and oxygen atoms in total. The third-order valence-electron chi connectivity index (χ3n) is 8.48. The van der Waals surface area contributed by atoms with Crippen LogP contribution >= 0.6 is 7.82 Å². The van der Waals surface area contributed by atoms with Crippen LogP contribution < -0.4 is 0 Å². The Labute approximate surface area is 318 Å². The average molecular weight is 751 g/mol. The van der Waals surface area contributed by atoms with Crippen LogP contribution in [0.1, 0.15) is 174 Å². The number of esters is 2. The van der Waals surface area contributed by atoms with E-state index in [9.17, 15) is 19.0 Å². The van der Waals surface area contributed by atoms with Gasteiger partial charge >= 0.3 is 19.8 Å². The Morgan fingerprint density at radius 1 is 0.538 bits per heavy atom. The molecule has 0 aliphatic rings. The van der Waals surface area contributed by atoms with Crippen LogP contribution in [-0.4, -0.2) is 43.3 Å². The summed E-state index contributed by atoms with van der Waals surface area (Å²) in [6, 6.07) is 0. The first-order valence-electron chi connectivity index (χ1n) is 20.5. The van der Waals surface area contributed by atoms with E-state index in [0.717, 1.165) is 110 Å². The van der Waals surface area contributed by atoms with Crippen LogP contribution in [-0.2, 0) is 32.7 Å². The molecule has 0 bridgehead atoms. The first-order chi connectivity index (χ1) is 25.3. The van der Waals surface area contributed by atoms with E-state index in [4.69, 9.17) is 14.0 Å². The van der Waals surface area contributed by atoms with Gasteiger partial charge in [-0.1, -0.05) is 145 Å². The fraction of sp³-hybridized carbons (Fsp3) is 0.721. The number of hydrogen-bond donors (Lipinski definition) is 1. The molecule has 2 atom stereocenters. The molecule has 0 fully saturated rings. The normalized spacial score (nSPS) is 14.0. The molecule has 300 valence electrons. The maximum Gasteiger partial charge on any atom is 0.472 e. The Kier molecular flexibility index (Phi) is 36.8. The predicted octanol–water partition coefficient (Wildman–Crippen LogP) is 12.8. The lowest BCUT2D eigenvalue weighted by molar-refractivity contribution is -0.161. The number of rotatable bonds is 37. The van der Waals surface area contributed by atoms with Crippen LogP contribution in [0.15, 0.2) is 60.8 Å². The van der Waals surface area contributed by atoms with Crippen molar-refractivity contribution in [2.75, 3.05) is 20.3 Å². The van der Waals surface area contributed by atoms with Crippen LogP contribution in [0.25, 0.3) is 0 Å². The van der Waals surface area contributed by atoms with E-state index in [2.05, 4.69) is 79.1 Å². The third kappa shape index (κ3) is 37.5. The summed E-state index contributed by atoms with van der Waals surface area (Å²) in [5.74, 6) is -0.839. The fourth-order valence-corrected chi connectivity index (χ4v) is 5.73. The van der Waals surface area contributed by atoms with Crippen molar-refractivity contribution in [2.24, 2.45) is 0 Å². The minimum atomic E-state index is -4.27. The maximum absolute atomic E-state index is 12.5. The second kappa shape index (κ2) is 38.5. The maximum atomic E-state index is 12.5. The molecule has 0 saturated carbocycles. The molecule has 0 aliphatic carbocycles. The largest absolute Gasteiger partial charge is 0.472 e. The van der Waals surface area contributed by atoms with Crippen LogP contribution in [0.4, 0.5) is 0 Å². The predicted molar refractivity (Wildman–Crippen MR) is 216 cm³/mol. The smallest absolute Gasteiger partial charge is 0.462 e. The number of hydrogen-bond acceptors (Lipinski definition) is 7.